The van der Waals surface area contributed by atoms with Gasteiger partial charge in [-0.3, -0.25) is 4.79 Å². The van der Waals surface area contributed by atoms with E-state index in [2.05, 4.69) is 6.92 Å². The van der Waals surface area contributed by atoms with Crippen LogP contribution in [0.5, 0.6) is 0 Å². The van der Waals surface area contributed by atoms with E-state index in [9.17, 15) is 4.79 Å². The summed E-state index contributed by atoms with van der Waals surface area (Å²) in [6, 6.07) is 6.25. The maximum absolute atomic E-state index is 12.7. The number of rotatable bonds is 2. The molecular weight excluding hydrogens is 272 g/mol. The monoisotopic (exact) mass is 296 g/mol. The second-order valence-electron chi connectivity index (χ2n) is 5.84. The van der Waals surface area contributed by atoms with Crippen LogP contribution in [0.25, 0.3) is 0 Å². The smallest absolute Gasteiger partial charge is 0.254 e. The summed E-state index contributed by atoms with van der Waals surface area (Å²) < 4.78 is 0. The number of benzene rings is 1. The highest BCUT2D eigenvalue weighted by atomic mass is 35.5. The molecule has 1 aromatic carbocycles. The topological polar surface area (TPSA) is 46.3 Å². The van der Waals surface area contributed by atoms with Crippen molar-refractivity contribution in [3.05, 3.63) is 34.9 Å². The third-order valence-electron chi connectivity index (χ3n) is 4.13. The van der Waals surface area contributed by atoms with E-state index in [1.807, 2.05) is 36.9 Å². The first kappa shape index (κ1) is 17.0. The molecule has 0 saturated carbocycles. The number of aryl methyl sites for hydroxylation is 2. The van der Waals surface area contributed by atoms with E-state index in [-0.39, 0.29) is 24.4 Å². The first-order valence-corrected chi connectivity index (χ1v) is 7.11. The fourth-order valence-corrected chi connectivity index (χ4v) is 2.86. The number of nitrogens with zero attached hydrogens (tertiary/aromatic N) is 1. The molecule has 0 radical (unpaired) electrons. The van der Waals surface area contributed by atoms with E-state index in [1.165, 1.54) is 0 Å². The van der Waals surface area contributed by atoms with E-state index in [4.69, 9.17) is 5.73 Å². The van der Waals surface area contributed by atoms with Crippen molar-refractivity contribution in [1.29, 1.82) is 0 Å². The van der Waals surface area contributed by atoms with Crippen molar-refractivity contribution in [3.63, 3.8) is 0 Å². The first-order valence-electron chi connectivity index (χ1n) is 7.11. The van der Waals surface area contributed by atoms with Crippen LogP contribution in [-0.2, 0) is 0 Å². The second-order valence-corrected chi connectivity index (χ2v) is 5.84. The summed E-state index contributed by atoms with van der Waals surface area (Å²) in [5, 5.41) is 0. The van der Waals surface area contributed by atoms with Crippen LogP contribution in [0.3, 0.4) is 0 Å². The van der Waals surface area contributed by atoms with Gasteiger partial charge in [0.1, 0.15) is 0 Å². The number of carbonyl (C=O) groups excluding carboxylic acids is 1. The molecule has 20 heavy (non-hydrogen) atoms. The Morgan fingerprint density at radius 3 is 2.75 bits per heavy atom. The van der Waals surface area contributed by atoms with Crippen molar-refractivity contribution in [2.75, 3.05) is 13.1 Å². The predicted octanol–water partition coefficient (Wildman–Crippen LogP) is 2.92. The van der Waals surface area contributed by atoms with Crippen molar-refractivity contribution in [2.24, 2.45) is 11.7 Å². The van der Waals surface area contributed by atoms with Gasteiger partial charge in [0.15, 0.2) is 0 Å². The van der Waals surface area contributed by atoms with Crippen molar-refractivity contribution >= 4 is 18.3 Å². The molecule has 0 bridgehead atoms. The standard InChI is InChI=1S/C16H24N2O.ClH/c1-11-4-5-13(3)15(9-11)16(19)18-7-6-12(2)8-14(18)10-17;/h4-5,9,12,14H,6-8,10,17H2,1-3H3;1H. The Hall–Kier alpha value is -1.06. The average molecular weight is 297 g/mol. The molecule has 1 amide bonds. The van der Waals surface area contributed by atoms with Crippen LogP contribution in [0.1, 0.15) is 41.3 Å². The molecule has 1 heterocycles. The van der Waals surface area contributed by atoms with E-state index >= 15 is 0 Å². The highest BCUT2D eigenvalue weighted by Gasteiger charge is 2.30. The maximum atomic E-state index is 12.7. The van der Waals surface area contributed by atoms with Gasteiger partial charge >= 0.3 is 0 Å². The van der Waals surface area contributed by atoms with Crippen molar-refractivity contribution in [2.45, 2.75) is 39.7 Å². The van der Waals surface area contributed by atoms with Gasteiger partial charge in [-0.15, -0.1) is 12.4 Å². The molecular formula is C16H25ClN2O. The molecule has 3 nitrogen and oxygen atoms in total. The fraction of sp³-hybridized carbons (Fsp3) is 0.562. The summed E-state index contributed by atoms with van der Waals surface area (Å²) >= 11 is 0. The Labute approximate surface area is 127 Å². The number of carbonyl (C=O) groups is 1. The number of amides is 1. The molecule has 2 N–H and O–H groups in total. The molecule has 0 aliphatic carbocycles. The van der Waals surface area contributed by atoms with Gasteiger partial charge in [0.05, 0.1) is 0 Å². The minimum Gasteiger partial charge on any atom is -0.334 e. The number of piperidine rings is 1. The molecule has 1 aliphatic heterocycles. The molecule has 1 aromatic rings. The van der Waals surface area contributed by atoms with E-state index in [0.717, 1.165) is 36.1 Å². The number of halogens is 1. The number of likely N-dealkylation sites (tertiary alicyclic amines) is 1. The minimum absolute atomic E-state index is 0. The van der Waals surface area contributed by atoms with Crippen molar-refractivity contribution in [1.82, 2.24) is 4.90 Å². The zero-order valence-electron chi connectivity index (χ0n) is 12.6. The summed E-state index contributed by atoms with van der Waals surface area (Å²) in [6.07, 6.45) is 2.10. The van der Waals surface area contributed by atoms with Crippen LogP contribution in [0.15, 0.2) is 18.2 Å². The van der Waals surface area contributed by atoms with Crippen LogP contribution in [0.4, 0.5) is 0 Å². The molecule has 0 aromatic heterocycles. The van der Waals surface area contributed by atoms with E-state index in [1.54, 1.807) is 0 Å². The van der Waals surface area contributed by atoms with Gasteiger partial charge in [-0.05, 0) is 44.2 Å². The van der Waals surface area contributed by atoms with Gasteiger partial charge in [0, 0.05) is 24.7 Å². The number of hydrogen-bond acceptors (Lipinski definition) is 2. The zero-order valence-corrected chi connectivity index (χ0v) is 13.4. The van der Waals surface area contributed by atoms with Gasteiger partial charge in [-0.2, -0.15) is 0 Å². The zero-order chi connectivity index (χ0) is 14.0. The second kappa shape index (κ2) is 7.09. The average Bonchev–Trinajstić information content (AvgIpc) is 2.40. The quantitative estimate of drug-likeness (QED) is 0.912. The lowest BCUT2D eigenvalue weighted by atomic mass is 9.91. The van der Waals surface area contributed by atoms with Crippen molar-refractivity contribution < 1.29 is 4.79 Å². The largest absolute Gasteiger partial charge is 0.334 e. The summed E-state index contributed by atoms with van der Waals surface area (Å²) in [5.41, 5.74) is 8.85. The van der Waals surface area contributed by atoms with Gasteiger partial charge in [-0.1, -0.05) is 24.6 Å². The van der Waals surface area contributed by atoms with Gasteiger partial charge in [0.2, 0.25) is 0 Å². The van der Waals surface area contributed by atoms with Crippen LogP contribution in [0.2, 0.25) is 0 Å². The molecule has 2 rings (SSSR count). The first-order chi connectivity index (χ1) is 9.02. The molecule has 1 fully saturated rings. The minimum atomic E-state index is 0. The van der Waals surface area contributed by atoms with Gasteiger partial charge in [0.25, 0.3) is 5.91 Å². The Balaban J connectivity index is 0.00000200. The Morgan fingerprint density at radius 1 is 1.40 bits per heavy atom. The summed E-state index contributed by atoms with van der Waals surface area (Å²) in [5.74, 6) is 0.805. The molecule has 1 saturated heterocycles. The molecule has 2 atom stereocenters. The molecule has 1 aliphatic rings. The molecule has 112 valence electrons. The normalized spacial score (nSPS) is 22.3. The predicted molar refractivity (Wildman–Crippen MR) is 85.4 cm³/mol. The SMILES string of the molecule is Cc1ccc(C)c(C(=O)N2CCC(C)CC2CN)c1.Cl. The van der Waals surface area contributed by atoms with Crippen molar-refractivity contribution in [3.8, 4) is 0 Å². The number of hydrogen-bond donors (Lipinski definition) is 1. The lowest BCUT2D eigenvalue weighted by molar-refractivity contribution is 0.0573. The molecule has 0 spiro atoms. The lowest BCUT2D eigenvalue weighted by Gasteiger charge is -2.38. The van der Waals surface area contributed by atoms with E-state index in [0.29, 0.717) is 12.5 Å². The summed E-state index contributed by atoms with van der Waals surface area (Å²) in [7, 11) is 0. The lowest BCUT2D eigenvalue weighted by Crippen LogP contribution is -2.49. The fourth-order valence-electron chi connectivity index (χ4n) is 2.86. The summed E-state index contributed by atoms with van der Waals surface area (Å²) in [6.45, 7) is 7.64. The van der Waals surface area contributed by atoms with Crippen LogP contribution in [-0.4, -0.2) is 29.9 Å². The highest BCUT2D eigenvalue weighted by Crippen LogP contribution is 2.24. The number of nitrogens with two attached hydrogens (primary N) is 1. The molecule has 2 unspecified atom stereocenters. The highest BCUT2D eigenvalue weighted by molar-refractivity contribution is 5.96. The Morgan fingerprint density at radius 2 is 2.10 bits per heavy atom. The maximum Gasteiger partial charge on any atom is 0.254 e. The van der Waals surface area contributed by atoms with Crippen LogP contribution < -0.4 is 5.73 Å². The van der Waals surface area contributed by atoms with Gasteiger partial charge in [-0.25, -0.2) is 0 Å². The Bertz CT molecular complexity index is 476. The third kappa shape index (κ3) is 3.53. The van der Waals surface area contributed by atoms with Crippen LogP contribution >= 0.6 is 12.4 Å². The summed E-state index contributed by atoms with van der Waals surface area (Å²) in [4.78, 5) is 14.7. The van der Waals surface area contributed by atoms with Gasteiger partial charge < -0.3 is 10.6 Å². The van der Waals surface area contributed by atoms with E-state index < -0.39 is 0 Å². The molecule has 4 heteroatoms. The third-order valence-corrected chi connectivity index (χ3v) is 4.13. The van der Waals surface area contributed by atoms with Crippen LogP contribution in [0, 0.1) is 19.8 Å². The Kier molecular flexibility index (Phi) is 6.03.